The van der Waals surface area contributed by atoms with E-state index >= 15 is 0 Å². The number of nitrogens with one attached hydrogen (secondary N) is 1. The van der Waals surface area contributed by atoms with Gasteiger partial charge in [-0.15, -0.1) is 0 Å². The third-order valence-corrected chi connectivity index (χ3v) is 3.55. The molecule has 1 N–H and O–H groups in total. The first-order valence-corrected chi connectivity index (χ1v) is 6.55. The summed E-state index contributed by atoms with van der Waals surface area (Å²) in [5.74, 6) is 0.486. The molecule has 1 aromatic carbocycles. The van der Waals surface area contributed by atoms with Crippen molar-refractivity contribution < 1.29 is 9.13 Å². The van der Waals surface area contributed by atoms with Gasteiger partial charge in [-0.2, -0.15) is 0 Å². The predicted octanol–water partition coefficient (Wildman–Crippen LogP) is 2.19. The molecule has 0 aliphatic carbocycles. The molecule has 1 atom stereocenters. The Hall–Kier alpha value is -1.13. The number of benzene rings is 1. The maximum absolute atomic E-state index is 14.1. The van der Waals surface area contributed by atoms with Gasteiger partial charge in [0.1, 0.15) is 11.6 Å². The largest absolute Gasteiger partial charge is 0.496 e. The fraction of sp³-hybridized carbons (Fsp3) is 0.571. The van der Waals surface area contributed by atoms with Gasteiger partial charge >= 0.3 is 0 Å². The van der Waals surface area contributed by atoms with Gasteiger partial charge in [0.15, 0.2) is 0 Å². The molecule has 1 aromatic rings. The van der Waals surface area contributed by atoms with Crippen LogP contribution in [0.5, 0.6) is 5.75 Å². The van der Waals surface area contributed by atoms with Gasteiger partial charge in [0.2, 0.25) is 0 Å². The molecule has 0 amide bonds. The number of piperazine rings is 1. The summed E-state index contributed by atoms with van der Waals surface area (Å²) in [6.07, 6.45) is 0.886. The number of halogens is 1. The molecule has 0 aromatic heterocycles. The Bertz CT molecular complexity index is 391. The van der Waals surface area contributed by atoms with Gasteiger partial charge in [0.05, 0.1) is 7.11 Å². The van der Waals surface area contributed by atoms with Gasteiger partial charge in [0.25, 0.3) is 0 Å². The smallest absolute Gasteiger partial charge is 0.131 e. The third-order valence-electron chi connectivity index (χ3n) is 3.55. The van der Waals surface area contributed by atoms with E-state index in [2.05, 4.69) is 17.1 Å². The van der Waals surface area contributed by atoms with Crippen LogP contribution in [0.4, 0.5) is 4.39 Å². The molecule has 1 saturated heterocycles. The Morgan fingerprint density at radius 3 is 2.72 bits per heavy atom. The normalized spacial score (nSPS) is 18.6. The lowest BCUT2D eigenvalue weighted by Crippen LogP contribution is -2.45. The van der Waals surface area contributed by atoms with Crippen molar-refractivity contribution in [3.8, 4) is 5.75 Å². The number of hydrogen-bond donors (Lipinski definition) is 1. The first-order valence-electron chi connectivity index (χ1n) is 6.55. The Kier molecular flexibility index (Phi) is 4.55. The second-order valence-corrected chi connectivity index (χ2v) is 4.57. The molecule has 100 valence electrons. The Balaban J connectivity index is 2.31. The fourth-order valence-corrected chi connectivity index (χ4v) is 2.66. The van der Waals surface area contributed by atoms with Crippen LogP contribution in [-0.2, 0) is 0 Å². The van der Waals surface area contributed by atoms with Crippen molar-refractivity contribution in [2.75, 3.05) is 33.3 Å². The lowest BCUT2D eigenvalue weighted by Gasteiger charge is -2.35. The Morgan fingerprint density at radius 2 is 2.11 bits per heavy atom. The zero-order valence-electron chi connectivity index (χ0n) is 11.1. The van der Waals surface area contributed by atoms with Crippen molar-refractivity contribution in [1.29, 1.82) is 0 Å². The standard InChI is InChI=1S/C14H21FN2O/c1-3-12(17-9-7-16-8-10-17)14-11(15)5-4-6-13(14)18-2/h4-6,12,16H,3,7-10H2,1-2H3/t12-/m0/s1. The summed E-state index contributed by atoms with van der Waals surface area (Å²) in [7, 11) is 1.60. The predicted molar refractivity (Wildman–Crippen MR) is 70.4 cm³/mol. The molecule has 0 spiro atoms. The molecule has 3 nitrogen and oxygen atoms in total. The van der Waals surface area contributed by atoms with E-state index < -0.39 is 0 Å². The summed E-state index contributed by atoms with van der Waals surface area (Å²) in [4.78, 5) is 2.33. The van der Waals surface area contributed by atoms with E-state index in [0.717, 1.165) is 32.6 Å². The lowest BCUT2D eigenvalue weighted by atomic mass is 10.00. The third kappa shape index (κ3) is 2.65. The van der Waals surface area contributed by atoms with Crippen molar-refractivity contribution in [2.24, 2.45) is 0 Å². The highest BCUT2D eigenvalue weighted by Gasteiger charge is 2.25. The minimum atomic E-state index is -0.167. The molecule has 1 heterocycles. The van der Waals surface area contributed by atoms with Crippen molar-refractivity contribution in [2.45, 2.75) is 19.4 Å². The van der Waals surface area contributed by atoms with Crippen molar-refractivity contribution >= 4 is 0 Å². The van der Waals surface area contributed by atoms with Crippen LogP contribution >= 0.6 is 0 Å². The molecule has 2 rings (SSSR count). The van der Waals surface area contributed by atoms with Crippen LogP contribution in [0.2, 0.25) is 0 Å². The number of methoxy groups -OCH3 is 1. The number of rotatable bonds is 4. The second-order valence-electron chi connectivity index (χ2n) is 4.57. The fourth-order valence-electron chi connectivity index (χ4n) is 2.66. The minimum Gasteiger partial charge on any atom is -0.496 e. The summed E-state index contributed by atoms with van der Waals surface area (Å²) in [6, 6.07) is 5.15. The van der Waals surface area contributed by atoms with Gasteiger partial charge in [-0.3, -0.25) is 4.90 Å². The molecule has 1 aliphatic rings. The highest BCUT2D eigenvalue weighted by molar-refractivity contribution is 5.37. The summed E-state index contributed by atoms with van der Waals surface area (Å²) in [5, 5.41) is 3.32. The van der Waals surface area contributed by atoms with Crippen LogP contribution in [0.15, 0.2) is 18.2 Å². The Labute approximate surface area is 108 Å². The molecule has 18 heavy (non-hydrogen) atoms. The summed E-state index contributed by atoms with van der Waals surface area (Å²) >= 11 is 0. The zero-order valence-corrected chi connectivity index (χ0v) is 11.1. The second kappa shape index (κ2) is 6.16. The van der Waals surface area contributed by atoms with Crippen molar-refractivity contribution in [3.05, 3.63) is 29.6 Å². The molecule has 0 radical (unpaired) electrons. The zero-order chi connectivity index (χ0) is 13.0. The van der Waals surface area contributed by atoms with E-state index in [-0.39, 0.29) is 11.9 Å². The average Bonchev–Trinajstić information content (AvgIpc) is 2.42. The molecule has 0 saturated carbocycles. The average molecular weight is 252 g/mol. The van der Waals surface area contributed by atoms with Gasteiger partial charge in [0, 0.05) is 37.8 Å². The maximum Gasteiger partial charge on any atom is 0.131 e. The molecule has 4 heteroatoms. The minimum absolute atomic E-state index is 0.100. The van der Waals surface area contributed by atoms with E-state index in [4.69, 9.17) is 4.74 Å². The number of hydrogen-bond acceptors (Lipinski definition) is 3. The molecule has 0 unspecified atom stereocenters. The van der Waals surface area contributed by atoms with E-state index in [1.807, 2.05) is 6.07 Å². The van der Waals surface area contributed by atoms with E-state index in [1.165, 1.54) is 6.07 Å². The highest BCUT2D eigenvalue weighted by atomic mass is 19.1. The monoisotopic (exact) mass is 252 g/mol. The SMILES string of the molecule is CC[C@@H](c1c(F)cccc1OC)N1CCNCC1. The summed E-state index contributed by atoms with van der Waals surface area (Å²) < 4.78 is 19.4. The Morgan fingerprint density at radius 1 is 1.39 bits per heavy atom. The van der Waals surface area contributed by atoms with Crippen LogP contribution in [0.25, 0.3) is 0 Å². The number of nitrogens with zero attached hydrogens (tertiary/aromatic N) is 1. The quantitative estimate of drug-likeness (QED) is 0.889. The number of ether oxygens (including phenoxy) is 1. The maximum atomic E-state index is 14.1. The summed E-state index contributed by atoms with van der Waals surface area (Å²) in [6.45, 7) is 5.94. The van der Waals surface area contributed by atoms with E-state index in [9.17, 15) is 4.39 Å². The van der Waals surface area contributed by atoms with Gasteiger partial charge in [-0.1, -0.05) is 13.0 Å². The van der Waals surface area contributed by atoms with Crippen molar-refractivity contribution in [1.82, 2.24) is 10.2 Å². The van der Waals surface area contributed by atoms with E-state index in [1.54, 1.807) is 13.2 Å². The van der Waals surface area contributed by atoms with Gasteiger partial charge in [-0.25, -0.2) is 4.39 Å². The van der Waals surface area contributed by atoms with Crippen LogP contribution in [0, 0.1) is 5.82 Å². The highest BCUT2D eigenvalue weighted by Crippen LogP contribution is 2.33. The van der Waals surface area contributed by atoms with Crippen LogP contribution < -0.4 is 10.1 Å². The lowest BCUT2D eigenvalue weighted by molar-refractivity contribution is 0.163. The molecule has 1 fully saturated rings. The molecule has 1 aliphatic heterocycles. The topological polar surface area (TPSA) is 24.5 Å². The van der Waals surface area contributed by atoms with Crippen molar-refractivity contribution in [3.63, 3.8) is 0 Å². The van der Waals surface area contributed by atoms with Gasteiger partial charge < -0.3 is 10.1 Å². The first-order chi connectivity index (χ1) is 8.77. The van der Waals surface area contributed by atoms with Crippen LogP contribution in [0.1, 0.15) is 24.9 Å². The van der Waals surface area contributed by atoms with Gasteiger partial charge in [-0.05, 0) is 18.6 Å². The van der Waals surface area contributed by atoms with Crippen LogP contribution in [0.3, 0.4) is 0 Å². The summed E-state index contributed by atoms with van der Waals surface area (Å²) in [5.41, 5.74) is 0.699. The first kappa shape index (κ1) is 13.3. The molecular weight excluding hydrogens is 231 g/mol. The van der Waals surface area contributed by atoms with Crippen LogP contribution in [-0.4, -0.2) is 38.2 Å². The molecule has 0 bridgehead atoms. The van der Waals surface area contributed by atoms with E-state index in [0.29, 0.717) is 11.3 Å². The molecular formula is C14H21FN2O.